The number of carbonyl (C=O) groups is 1. The number of amides is 1. The van der Waals surface area contributed by atoms with Crippen LogP contribution in [0.3, 0.4) is 0 Å². The first kappa shape index (κ1) is 19.4. The molecule has 5 nitrogen and oxygen atoms in total. The highest BCUT2D eigenvalue weighted by Gasteiger charge is 2.17. The third kappa shape index (κ3) is 5.10. The highest BCUT2D eigenvalue weighted by atomic mass is 16.5. The molecule has 0 aliphatic heterocycles. The normalized spacial score (nSPS) is 10.4. The van der Waals surface area contributed by atoms with Crippen molar-refractivity contribution in [1.82, 2.24) is 4.98 Å². The molecule has 1 aromatic heterocycles. The zero-order valence-corrected chi connectivity index (χ0v) is 16.2. The van der Waals surface area contributed by atoms with Gasteiger partial charge in [0.1, 0.15) is 11.5 Å². The second-order valence-electron chi connectivity index (χ2n) is 6.29. The van der Waals surface area contributed by atoms with Crippen molar-refractivity contribution in [3.05, 3.63) is 84.2 Å². The third-order valence-corrected chi connectivity index (χ3v) is 4.34. The Hall–Kier alpha value is -3.34. The highest BCUT2D eigenvalue weighted by molar-refractivity contribution is 5.94. The van der Waals surface area contributed by atoms with Gasteiger partial charge in [-0.2, -0.15) is 0 Å². The Balaban J connectivity index is 1.81. The Kier molecular flexibility index (Phi) is 6.63. The molecule has 0 bridgehead atoms. The monoisotopic (exact) mass is 376 g/mol. The molecule has 0 N–H and O–H groups in total. The fraction of sp³-hybridized carbons (Fsp3) is 0.217. The van der Waals surface area contributed by atoms with Crippen LogP contribution in [0.1, 0.15) is 18.1 Å². The number of carbonyl (C=O) groups excluding carboxylic acids is 1. The molecule has 3 aromatic rings. The van der Waals surface area contributed by atoms with Crippen LogP contribution in [-0.2, 0) is 17.8 Å². The molecule has 0 saturated carbocycles. The van der Waals surface area contributed by atoms with Crippen molar-refractivity contribution < 1.29 is 14.3 Å². The van der Waals surface area contributed by atoms with E-state index in [-0.39, 0.29) is 5.91 Å². The number of nitrogens with zero attached hydrogens (tertiary/aromatic N) is 2. The molecule has 1 amide bonds. The van der Waals surface area contributed by atoms with Crippen molar-refractivity contribution in [2.75, 3.05) is 18.6 Å². The SMILES string of the molecule is CCOc1ccc(CC(=O)N(Cc2cccnc2)c2ccc(OC)cc2)cc1. The van der Waals surface area contributed by atoms with Gasteiger partial charge in [0.05, 0.1) is 26.7 Å². The van der Waals surface area contributed by atoms with E-state index in [0.717, 1.165) is 28.3 Å². The molecule has 3 rings (SSSR count). The van der Waals surface area contributed by atoms with Gasteiger partial charge in [0.2, 0.25) is 5.91 Å². The lowest BCUT2D eigenvalue weighted by atomic mass is 10.1. The van der Waals surface area contributed by atoms with Crippen LogP contribution in [-0.4, -0.2) is 24.6 Å². The van der Waals surface area contributed by atoms with E-state index in [9.17, 15) is 4.79 Å². The highest BCUT2D eigenvalue weighted by Crippen LogP contribution is 2.22. The topological polar surface area (TPSA) is 51.7 Å². The molecule has 0 radical (unpaired) electrons. The first-order valence-electron chi connectivity index (χ1n) is 9.24. The van der Waals surface area contributed by atoms with E-state index >= 15 is 0 Å². The Labute approximate surface area is 165 Å². The minimum atomic E-state index is 0.0122. The van der Waals surface area contributed by atoms with E-state index in [2.05, 4.69) is 4.98 Å². The van der Waals surface area contributed by atoms with Gasteiger partial charge in [0, 0.05) is 18.1 Å². The summed E-state index contributed by atoms with van der Waals surface area (Å²) in [6.07, 6.45) is 3.81. The summed E-state index contributed by atoms with van der Waals surface area (Å²) < 4.78 is 10.7. The second kappa shape index (κ2) is 9.55. The van der Waals surface area contributed by atoms with Gasteiger partial charge in [-0.05, 0) is 60.5 Å². The summed E-state index contributed by atoms with van der Waals surface area (Å²) in [5.74, 6) is 1.57. The molecule has 0 aliphatic rings. The molecule has 2 aromatic carbocycles. The van der Waals surface area contributed by atoms with Gasteiger partial charge >= 0.3 is 0 Å². The number of hydrogen-bond acceptors (Lipinski definition) is 4. The van der Waals surface area contributed by atoms with Crippen molar-refractivity contribution in [3.63, 3.8) is 0 Å². The molecule has 144 valence electrons. The lowest BCUT2D eigenvalue weighted by Crippen LogP contribution is -2.31. The van der Waals surface area contributed by atoms with Gasteiger partial charge in [0.25, 0.3) is 0 Å². The molecule has 0 spiro atoms. The number of aromatic nitrogens is 1. The zero-order valence-electron chi connectivity index (χ0n) is 16.2. The number of methoxy groups -OCH3 is 1. The molecule has 0 aliphatic carbocycles. The van der Waals surface area contributed by atoms with Crippen LogP contribution in [0, 0.1) is 0 Å². The largest absolute Gasteiger partial charge is 0.497 e. The van der Waals surface area contributed by atoms with Crippen LogP contribution in [0.5, 0.6) is 11.5 Å². The van der Waals surface area contributed by atoms with Crippen molar-refractivity contribution in [2.45, 2.75) is 19.9 Å². The van der Waals surface area contributed by atoms with Gasteiger partial charge in [0.15, 0.2) is 0 Å². The van der Waals surface area contributed by atoms with Gasteiger partial charge in [-0.15, -0.1) is 0 Å². The minimum absolute atomic E-state index is 0.0122. The summed E-state index contributed by atoms with van der Waals surface area (Å²) in [4.78, 5) is 19.1. The molecule has 5 heteroatoms. The van der Waals surface area contributed by atoms with Crippen molar-refractivity contribution >= 4 is 11.6 Å². The van der Waals surface area contributed by atoms with E-state index in [4.69, 9.17) is 9.47 Å². The number of pyridine rings is 1. The molecular weight excluding hydrogens is 352 g/mol. The fourth-order valence-electron chi connectivity index (χ4n) is 2.90. The van der Waals surface area contributed by atoms with Crippen LogP contribution in [0.25, 0.3) is 0 Å². The summed E-state index contributed by atoms with van der Waals surface area (Å²) in [6.45, 7) is 3.02. The number of ether oxygens (including phenoxy) is 2. The van der Waals surface area contributed by atoms with E-state index in [1.165, 1.54) is 0 Å². The Bertz CT molecular complexity index is 878. The maximum absolute atomic E-state index is 13.1. The maximum atomic E-state index is 13.1. The van der Waals surface area contributed by atoms with E-state index in [0.29, 0.717) is 19.6 Å². The fourth-order valence-corrected chi connectivity index (χ4v) is 2.90. The summed E-state index contributed by atoms with van der Waals surface area (Å²) in [5.41, 5.74) is 2.73. The number of hydrogen-bond donors (Lipinski definition) is 0. The average Bonchev–Trinajstić information content (AvgIpc) is 2.74. The Morgan fingerprint density at radius 2 is 1.68 bits per heavy atom. The summed E-state index contributed by atoms with van der Waals surface area (Å²) in [6, 6.07) is 19.0. The smallest absolute Gasteiger partial charge is 0.231 e. The number of rotatable bonds is 8. The van der Waals surface area contributed by atoms with Crippen LogP contribution in [0.15, 0.2) is 73.1 Å². The van der Waals surface area contributed by atoms with E-state index in [1.807, 2.05) is 67.6 Å². The summed E-state index contributed by atoms with van der Waals surface area (Å²) in [7, 11) is 1.62. The molecule has 1 heterocycles. The Morgan fingerprint density at radius 3 is 2.29 bits per heavy atom. The zero-order chi connectivity index (χ0) is 19.8. The predicted octanol–water partition coefficient (Wildman–Crippen LogP) is 4.26. The van der Waals surface area contributed by atoms with Crippen LogP contribution in [0.4, 0.5) is 5.69 Å². The van der Waals surface area contributed by atoms with Crippen molar-refractivity contribution in [1.29, 1.82) is 0 Å². The first-order chi connectivity index (χ1) is 13.7. The molecule has 0 unspecified atom stereocenters. The van der Waals surface area contributed by atoms with Crippen molar-refractivity contribution in [3.8, 4) is 11.5 Å². The van der Waals surface area contributed by atoms with Gasteiger partial charge in [-0.25, -0.2) is 0 Å². The summed E-state index contributed by atoms with van der Waals surface area (Å²) >= 11 is 0. The van der Waals surface area contributed by atoms with Gasteiger partial charge in [-0.3, -0.25) is 9.78 Å². The van der Waals surface area contributed by atoms with E-state index in [1.54, 1.807) is 24.4 Å². The van der Waals surface area contributed by atoms with Crippen LogP contribution in [0.2, 0.25) is 0 Å². The van der Waals surface area contributed by atoms with Gasteiger partial charge in [-0.1, -0.05) is 18.2 Å². The van der Waals surface area contributed by atoms with Crippen LogP contribution < -0.4 is 14.4 Å². The number of anilines is 1. The van der Waals surface area contributed by atoms with Crippen LogP contribution >= 0.6 is 0 Å². The lowest BCUT2D eigenvalue weighted by Gasteiger charge is -2.23. The minimum Gasteiger partial charge on any atom is -0.497 e. The quantitative estimate of drug-likeness (QED) is 0.589. The summed E-state index contributed by atoms with van der Waals surface area (Å²) in [5, 5.41) is 0. The number of benzene rings is 2. The molecule has 0 fully saturated rings. The van der Waals surface area contributed by atoms with Gasteiger partial charge < -0.3 is 14.4 Å². The van der Waals surface area contributed by atoms with E-state index < -0.39 is 0 Å². The second-order valence-corrected chi connectivity index (χ2v) is 6.29. The first-order valence-corrected chi connectivity index (χ1v) is 9.24. The third-order valence-electron chi connectivity index (χ3n) is 4.34. The average molecular weight is 376 g/mol. The molecule has 28 heavy (non-hydrogen) atoms. The standard InChI is InChI=1S/C23H24N2O3/c1-3-28-22-10-6-18(7-11-22)15-23(26)25(17-19-5-4-14-24-16-19)20-8-12-21(27-2)13-9-20/h4-14,16H,3,15,17H2,1-2H3. The molecule has 0 saturated heterocycles. The lowest BCUT2D eigenvalue weighted by molar-refractivity contribution is -0.118. The predicted molar refractivity (Wildman–Crippen MR) is 110 cm³/mol. The molecular formula is C23H24N2O3. The van der Waals surface area contributed by atoms with Crippen molar-refractivity contribution in [2.24, 2.45) is 0 Å². The Morgan fingerprint density at radius 1 is 0.964 bits per heavy atom. The maximum Gasteiger partial charge on any atom is 0.231 e. The molecule has 0 atom stereocenters.